The Morgan fingerprint density at radius 3 is 1.38 bits per heavy atom. The third-order valence-electron chi connectivity index (χ3n) is 7.25. The second kappa shape index (κ2) is 12.1. The normalized spacial score (nSPS) is 29.0. The number of piperidine rings is 2. The Hall–Kier alpha value is -1.48. The van der Waals surface area contributed by atoms with E-state index in [9.17, 15) is 9.59 Å². The molecule has 8 nitrogen and oxygen atoms in total. The van der Waals surface area contributed by atoms with Crippen molar-refractivity contribution < 1.29 is 19.3 Å². The van der Waals surface area contributed by atoms with E-state index >= 15 is 0 Å². The molecule has 0 amide bonds. The first-order chi connectivity index (χ1) is 15.7. The summed E-state index contributed by atoms with van der Waals surface area (Å²) in [4.78, 5) is 40.9. The van der Waals surface area contributed by atoms with Crippen LogP contribution in [0.25, 0.3) is 0 Å². The fourth-order valence-electron chi connectivity index (χ4n) is 5.51. The van der Waals surface area contributed by atoms with E-state index in [2.05, 4.69) is 9.80 Å². The summed E-state index contributed by atoms with van der Waals surface area (Å²) in [6.07, 6.45) is 13.9. The monoisotopic (exact) mass is 448 g/mol. The van der Waals surface area contributed by atoms with Crippen LogP contribution in [0.4, 0.5) is 0 Å². The molecule has 0 spiro atoms. The fraction of sp³-hybridized carbons (Fsp3) is 0.833. The van der Waals surface area contributed by atoms with Crippen LogP contribution in [-0.4, -0.2) is 96.3 Å². The zero-order valence-electron chi connectivity index (χ0n) is 19.5. The fourth-order valence-corrected chi connectivity index (χ4v) is 5.51. The van der Waals surface area contributed by atoms with Crippen molar-refractivity contribution in [3.63, 3.8) is 0 Å². The van der Waals surface area contributed by atoms with Gasteiger partial charge in [0.05, 0.1) is 12.1 Å². The topological polar surface area (TPSA) is 65.6 Å². The highest BCUT2D eigenvalue weighted by atomic mass is 16.7. The van der Waals surface area contributed by atoms with Gasteiger partial charge in [0.25, 0.3) is 0 Å². The highest BCUT2D eigenvalue weighted by molar-refractivity contribution is 5.91. The molecule has 4 aliphatic heterocycles. The van der Waals surface area contributed by atoms with Crippen LogP contribution >= 0.6 is 0 Å². The van der Waals surface area contributed by atoms with Gasteiger partial charge in [0.1, 0.15) is 0 Å². The molecule has 4 heterocycles. The van der Waals surface area contributed by atoms with E-state index in [0.717, 1.165) is 78.0 Å². The molecule has 2 atom stereocenters. The lowest BCUT2D eigenvalue weighted by atomic mass is 10.0. The Morgan fingerprint density at radius 1 is 0.594 bits per heavy atom. The van der Waals surface area contributed by atoms with Gasteiger partial charge in [-0.1, -0.05) is 12.8 Å². The quantitative estimate of drug-likeness (QED) is 0.525. The van der Waals surface area contributed by atoms with Gasteiger partial charge in [0, 0.05) is 38.3 Å². The van der Waals surface area contributed by atoms with Crippen LogP contribution in [0.15, 0.2) is 12.2 Å². The van der Waals surface area contributed by atoms with Crippen LogP contribution in [0.1, 0.15) is 64.2 Å². The van der Waals surface area contributed by atoms with Gasteiger partial charge in [-0.3, -0.25) is 0 Å². The summed E-state index contributed by atoms with van der Waals surface area (Å²) in [5, 5.41) is 3.66. The first kappa shape index (κ1) is 23.7. The van der Waals surface area contributed by atoms with Gasteiger partial charge < -0.3 is 19.5 Å². The standard InChI is InChI=1S/C24H40N4O4/c29-23(31-27-17-3-1-9-21(27)19-25-13-5-6-14-25)11-12-24(30)32-28-18-4-2-10-22(28)20-26-15-7-8-16-26/h11-12,21-22H,1-10,13-20H2/b12-11-. The summed E-state index contributed by atoms with van der Waals surface area (Å²) in [6.45, 7) is 7.97. The lowest BCUT2D eigenvalue weighted by Gasteiger charge is -2.36. The summed E-state index contributed by atoms with van der Waals surface area (Å²) in [6, 6.07) is 0.483. The maximum Gasteiger partial charge on any atom is 0.349 e. The number of hydroxylamine groups is 4. The molecule has 0 aromatic heterocycles. The van der Waals surface area contributed by atoms with Gasteiger partial charge in [-0.25, -0.2) is 9.59 Å². The maximum absolute atomic E-state index is 12.4. The molecule has 8 heteroatoms. The van der Waals surface area contributed by atoms with Crippen molar-refractivity contribution >= 4 is 11.9 Å². The molecule has 0 aromatic carbocycles. The van der Waals surface area contributed by atoms with Gasteiger partial charge in [-0.05, 0) is 77.5 Å². The molecule has 2 unspecified atom stereocenters. The van der Waals surface area contributed by atoms with Crippen LogP contribution in [-0.2, 0) is 19.3 Å². The number of hydrogen-bond donors (Lipinski definition) is 0. The van der Waals surface area contributed by atoms with Crippen molar-refractivity contribution in [1.82, 2.24) is 19.9 Å². The Bertz CT molecular complexity index is 592. The predicted octanol–water partition coefficient (Wildman–Crippen LogP) is 2.36. The van der Waals surface area contributed by atoms with Crippen molar-refractivity contribution in [3.05, 3.63) is 12.2 Å². The van der Waals surface area contributed by atoms with E-state index in [-0.39, 0.29) is 12.1 Å². The average Bonchev–Trinajstić information content (AvgIpc) is 3.50. The zero-order chi connectivity index (χ0) is 22.2. The van der Waals surface area contributed by atoms with E-state index in [1.165, 1.54) is 50.7 Å². The molecule has 4 rings (SSSR count). The summed E-state index contributed by atoms with van der Waals surface area (Å²) < 4.78 is 0. The van der Waals surface area contributed by atoms with Crippen molar-refractivity contribution in [2.75, 3.05) is 52.4 Å². The van der Waals surface area contributed by atoms with Crippen LogP contribution < -0.4 is 0 Å². The molecule has 180 valence electrons. The largest absolute Gasteiger partial charge is 0.364 e. The third kappa shape index (κ3) is 7.01. The van der Waals surface area contributed by atoms with Crippen molar-refractivity contribution in [1.29, 1.82) is 0 Å². The molecule has 4 aliphatic rings. The van der Waals surface area contributed by atoms with Crippen molar-refractivity contribution in [2.24, 2.45) is 0 Å². The molecule has 0 aromatic rings. The van der Waals surface area contributed by atoms with E-state index in [1.54, 1.807) is 0 Å². The molecule has 4 fully saturated rings. The first-order valence-corrected chi connectivity index (χ1v) is 12.8. The predicted molar refractivity (Wildman–Crippen MR) is 121 cm³/mol. The minimum absolute atomic E-state index is 0.242. The van der Waals surface area contributed by atoms with Crippen molar-refractivity contribution in [3.8, 4) is 0 Å². The molecule has 0 N–H and O–H groups in total. The third-order valence-corrected chi connectivity index (χ3v) is 7.25. The molecular weight excluding hydrogens is 408 g/mol. The van der Waals surface area contributed by atoms with E-state index in [0.29, 0.717) is 0 Å². The Morgan fingerprint density at radius 2 is 0.969 bits per heavy atom. The molecule has 0 aliphatic carbocycles. The minimum Gasteiger partial charge on any atom is -0.364 e. The number of carbonyl (C=O) groups is 2. The molecule has 0 radical (unpaired) electrons. The van der Waals surface area contributed by atoms with Gasteiger partial charge in [0.2, 0.25) is 0 Å². The number of nitrogens with zero attached hydrogens (tertiary/aromatic N) is 4. The van der Waals surface area contributed by atoms with Gasteiger partial charge in [0.15, 0.2) is 0 Å². The number of likely N-dealkylation sites (tertiary alicyclic amines) is 2. The average molecular weight is 449 g/mol. The molecule has 0 bridgehead atoms. The molecule has 32 heavy (non-hydrogen) atoms. The van der Waals surface area contributed by atoms with Crippen LogP contribution in [0.3, 0.4) is 0 Å². The number of hydrogen-bond acceptors (Lipinski definition) is 8. The van der Waals surface area contributed by atoms with Crippen LogP contribution in [0.5, 0.6) is 0 Å². The molecule has 4 saturated heterocycles. The maximum atomic E-state index is 12.4. The van der Waals surface area contributed by atoms with Gasteiger partial charge in [-0.2, -0.15) is 0 Å². The SMILES string of the molecule is O=C(/C=C\C(=O)ON1CCCCC1CN1CCCC1)ON1CCCCC1CN1CCCC1. The number of rotatable bonds is 8. The van der Waals surface area contributed by atoms with Gasteiger partial charge >= 0.3 is 11.9 Å². The van der Waals surface area contributed by atoms with Gasteiger partial charge in [-0.15, -0.1) is 10.1 Å². The Balaban J connectivity index is 1.23. The van der Waals surface area contributed by atoms with E-state index in [1.807, 2.05) is 10.1 Å². The van der Waals surface area contributed by atoms with Crippen molar-refractivity contribution in [2.45, 2.75) is 76.3 Å². The lowest BCUT2D eigenvalue weighted by molar-refractivity contribution is -0.206. The zero-order valence-corrected chi connectivity index (χ0v) is 19.5. The second-order valence-corrected chi connectivity index (χ2v) is 9.75. The smallest absolute Gasteiger partial charge is 0.349 e. The summed E-state index contributed by atoms with van der Waals surface area (Å²) in [7, 11) is 0. The van der Waals surface area contributed by atoms with E-state index < -0.39 is 11.9 Å². The summed E-state index contributed by atoms with van der Waals surface area (Å²) in [5.41, 5.74) is 0. The number of carbonyl (C=O) groups excluding carboxylic acids is 2. The second-order valence-electron chi connectivity index (χ2n) is 9.75. The lowest BCUT2D eigenvalue weighted by Crippen LogP contribution is -2.47. The summed E-state index contributed by atoms with van der Waals surface area (Å²) >= 11 is 0. The Labute approximate surface area is 192 Å². The Kier molecular flexibility index (Phi) is 8.96. The highest BCUT2D eigenvalue weighted by Crippen LogP contribution is 2.22. The van der Waals surface area contributed by atoms with E-state index in [4.69, 9.17) is 9.68 Å². The molecule has 0 saturated carbocycles. The first-order valence-electron chi connectivity index (χ1n) is 12.8. The van der Waals surface area contributed by atoms with Crippen LogP contribution in [0.2, 0.25) is 0 Å². The van der Waals surface area contributed by atoms with Crippen LogP contribution in [0, 0.1) is 0 Å². The minimum atomic E-state index is -0.498. The summed E-state index contributed by atoms with van der Waals surface area (Å²) in [5.74, 6) is -0.995. The highest BCUT2D eigenvalue weighted by Gasteiger charge is 2.29. The molecular formula is C24H40N4O4.